The van der Waals surface area contributed by atoms with Crippen LogP contribution in [0.15, 0.2) is 0 Å². The van der Waals surface area contributed by atoms with Crippen molar-refractivity contribution in [2.24, 2.45) is 34.5 Å². The molecule has 3 saturated carbocycles. The van der Waals surface area contributed by atoms with E-state index in [0.717, 1.165) is 43.1 Å². The number of likely N-dealkylation sites (tertiary alicyclic amines) is 1. The lowest BCUT2D eigenvalue weighted by Gasteiger charge is -2.61. The van der Waals surface area contributed by atoms with E-state index in [9.17, 15) is 4.79 Å². The van der Waals surface area contributed by atoms with Crippen molar-refractivity contribution in [1.82, 2.24) is 4.90 Å². The predicted molar refractivity (Wildman–Crippen MR) is 114 cm³/mol. The van der Waals surface area contributed by atoms with Crippen molar-refractivity contribution >= 4 is 5.91 Å². The highest BCUT2D eigenvalue weighted by atomic mass is 16.5. The van der Waals surface area contributed by atoms with Crippen molar-refractivity contribution in [1.29, 1.82) is 0 Å². The molecule has 7 atom stereocenters. The third-order valence-corrected chi connectivity index (χ3v) is 9.72. The van der Waals surface area contributed by atoms with Crippen LogP contribution in [-0.2, 0) is 9.53 Å². The number of amides is 1. The largest absolute Gasteiger partial charge is 0.378 e. The maximum atomic E-state index is 12.3. The fourth-order valence-electron chi connectivity index (χ4n) is 8.09. The number of hydrogen-bond acceptors (Lipinski definition) is 2. The van der Waals surface area contributed by atoms with E-state index in [4.69, 9.17) is 4.74 Å². The van der Waals surface area contributed by atoms with Crippen LogP contribution in [0.25, 0.3) is 0 Å². The van der Waals surface area contributed by atoms with Crippen LogP contribution >= 0.6 is 0 Å². The highest BCUT2D eigenvalue weighted by molar-refractivity contribution is 5.77. The molecule has 0 N–H and O–H groups in total. The van der Waals surface area contributed by atoms with E-state index in [0.29, 0.717) is 28.9 Å². The summed E-state index contributed by atoms with van der Waals surface area (Å²) in [4.78, 5) is 14.4. The molecule has 1 aliphatic heterocycles. The fourth-order valence-corrected chi connectivity index (χ4v) is 8.09. The molecule has 0 aromatic rings. The van der Waals surface area contributed by atoms with Gasteiger partial charge >= 0.3 is 0 Å². The van der Waals surface area contributed by atoms with Gasteiger partial charge in [-0.2, -0.15) is 0 Å². The number of ether oxygens (including phenoxy) is 1. The molecule has 4 rings (SSSR count). The van der Waals surface area contributed by atoms with E-state index in [-0.39, 0.29) is 0 Å². The van der Waals surface area contributed by atoms with Gasteiger partial charge in [0.15, 0.2) is 0 Å². The Morgan fingerprint density at radius 3 is 2.54 bits per heavy atom. The van der Waals surface area contributed by atoms with Gasteiger partial charge in [-0.1, -0.05) is 27.7 Å². The number of rotatable bonds is 5. The summed E-state index contributed by atoms with van der Waals surface area (Å²) in [7, 11) is 2.06. The van der Waals surface area contributed by atoms with E-state index in [1.54, 1.807) is 0 Å². The Hall–Kier alpha value is -0.570. The average molecular weight is 390 g/mol. The van der Waals surface area contributed by atoms with Gasteiger partial charge in [0, 0.05) is 26.1 Å². The second-order valence-corrected chi connectivity index (χ2v) is 11.5. The van der Waals surface area contributed by atoms with Crippen molar-refractivity contribution in [3.8, 4) is 0 Å². The zero-order valence-electron chi connectivity index (χ0n) is 19.0. The lowest BCUT2D eigenvalue weighted by Crippen LogP contribution is -2.61. The van der Waals surface area contributed by atoms with E-state index in [1.807, 2.05) is 0 Å². The third kappa shape index (κ3) is 3.24. The summed E-state index contributed by atoms with van der Waals surface area (Å²) in [5.41, 5.74) is 0.724. The maximum absolute atomic E-state index is 12.3. The van der Waals surface area contributed by atoms with Crippen molar-refractivity contribution in [2.75, 3.05) is 13.7 Å². The standard InChI is InChI=1S/C25H43NO2/c1-17(2)7-6-16-28-22-11-9-19-18-8-10-21-24(3,15-13-23(27)26(21)5)20(18)12-14-25(19,22)4/h17-22H,6-16H2,1-5H3/t18-,19-,20+,21?,22?,24+,25-/m0/s1. The monoisotopic (exact) mass is 389 g/mol. The van der Waals surface area contributed by atoms with Crippen molar-refractivity contribution in [2.45, 2.75) is 104 Å². The van der Waals surface area contributed by atoms with Gasteiger partial charge in [-0.05, 0) is 92.3 Å². The molecule has 0 aromatic heterocycles. The minimum atomic E-state index is 0.336. The summed E-state index contributed by atoms with van der Waals surface area (Å²) >= 11 is 0. The molecule has 0 spiro atoms. The molecule has 4 fully saturated rings. The van der Waals surface area contributed by atoms with Crippen LogP contribution in [0.3, 0.4) is 0 Å². The fraction of sp³-hybridized carbons (Fsp3) is 0.960. The Morgan fingerprint density at radius 1 is 1.04 bits per heavy atom. The Labute approximate surface area is 173 Å². The normalized spacial score (nSPS) is 45.7. The van der Waals surface area contributed by atoms with E-state index in [1.165, 1.54) is 51.4 Å². The molecule has 28 heavy (non-hydrogen) atoms. The lowest BCUT2D eigenvalue weighted by molar-refractivity contribution is -0.161. The molecule has 3 heteroatoms. The van der Waals surface area contributed by atoms with Gasteiger partial charge in [0.25, 0.3) is 0 Å². The van der Waals surface area contributed by atoms with Crippen molar-refractivity contribution < 1.29 is 9.53 Å². The predicted octanol–water partition coefficient (Wildman–Crippen LogP) is 5.67. The van der Waals surface area contributed by atoms with Gasteiger partial charge in [0.05, 0.1) is 6.10 Å². The molecule has 3 aliphatic carbocycles. The van der Waals surface area contributed by atoms with E-state index >= 15 is 0 Å². The second-order valence-electron chi connectivity index (χ2n) is 11.5. The summed E-state index contributed by atoms with van der Waals surface area (Å²) in [6.45, 7) is 10.6. The summed E-state index contributed by atoms with van der Waals surface area (Å²) in [5.74, 6) is 3.65. The van der Waals surface area contributed by atoms with Crippen molar-refractivity contribution in [3.63, 3.8) is 0 Å². The van der Waals surface area contributed by atoms with Gasteiger partial charge in [0.2, 0.25) is 5.91 Å². The molecular formula is C25H43NO2. The average Bonchev–Trinajstić information content (AvgIpc) is 2.98. The molecule has 160 valence electrons. The Kier molecular flexibility index (Phi) is 5.61. The first-order chi connectivity index (χ1) is 13.3. The number of carbonyl (C=O) groups is 1. The molecule has 2 unspecified atom stereocenters. The number of hydrogen-bond donors (Lipinski definition) is 0. The second kappa shape index (κ2) is 7.60. The summed E-state index contributed by atoms with van der Waals surface area (Å²) < 4.78 is 6.52. The molecule has 0 aromatic carbocycles. The maximum Gasteiger partial charge on any atom is 0.222 e. The number of carbonyl (C=O) groups excluding carboxylic acids is 1. The summed E-state index contributed by atoms with van der Waals surface area (Å²) in [5, 5.41) is 0. The number of fused-ring (bicyclic) bond motifs is 5. The topological polar surface area (TPSA) is 29.5 Å². The van der Waals surface area contributed by atoms with Crippen LogP contribution in [0.4, 0.5) is 0 Å². The van der Waals surface area contributed by atoms with Gasteiger partial charge in [-0.15, -0.1) is 0 Å². The van der Waals surface area contributed by atoms with Crippen LogP contribution < -0.4 is 0 Å². The third-order valence-electron chi connectivity index (χ3n) is 9.72. The minimum absolute atomic E-state index is 0.336. The summed E-state index contributed by atoms with van der Waals surface area (Å²) in [6.07, 6.45) is 12.7. The first-order valence-corrected chi connectivity index (χ1v) is 12.1. The number of nitrogens with zero attached hydrogens (tertiary/aromatic N) is 1. The highest BCUT2D eigenvalue weighted by Crippen LogP contribution is 2.65. The zero-order valence-corrected chi connectivity index (χ0v) is 19.0. The van der Waals surface area contributed by atoms with Crippen LogP contribution in [0.1, 0.15) is 91.9 Å². The van der Waals surface area contributed by atoms with Crippen LogP contribution in [0.2, 0.25) is 0 Å². The van der Waals surface area contributed by atoms with Gasteiger partial charge in [0.1, 0.15) is 0 Å². The minimum Gasteiger partial charge on any atom is -0.378 e. The first-order valence-electron chi connectivity index (χ1n) is 12.1. The molecule has 1 saturated heterocycles. The molecule has 1 heterocycles. The molecule has 3 nitrogen and oxygen atoms in total. The van der Waals surface area contributed by atoms with Gasteiger partial charge in [-0.25, -0.2) is 0 Å². The van der Waals surface area contributed by atoms with Crippen LogP contribution in [0, 0.1) is 34.5 Å². The van der Waals surface area contributed by atoms with Gasteiger partial charge in [-0.3, -0.25) is 4.79 Å². The summed E-state index contributed by atoms with van der Waals surface area (Å²) in [6, 6.07) is 0.476. The molecule has 0 bridgehead atoms. The molecule has 1 amide bonds. The highest BCUT2D eigenvalue weighted by Gasteiger charge is 2.61. The van der Waals surface area contributed by atoms with E-state index < -0.39 is 0 Å². The Balaban J connectivity index is 1.45. The smallest absolute Gasteiger partial charge is 0.222 e. The molecular weight excluding hydrogens is 346 g/mol. The Bertz CT molecular complexity index is 589. The van der Waals surface area contributed by atoms with Crippen LogP contribution in [-0.4, -0.2) is 36.6 Å². The first kappa shape index (κ1) is 20.7. The van der Waals surface area contributed by atoms with E-state index in [2.05, 4.69) is 39.6 Å². The Morgan fingerprint density at radius 2 is 1.79 bits per heavy atom. The van der Waals surface area contributed by atoms with Crippen LogP contribution in [0.5, 0.6) is 0 Å². The molecule has 4 aliphatic rings. The van der Waals surface area contributed by atoms with Crippen molar-refractivity contribution in [3.05, 3.63) is 0 Å². The lowest BCUT2D eigenvalue weighted by atomic mass is 9.47. The quantitative estimate of drug-likeness (QED) is 0.567. The zero-order chi connectivity index (χ0) is 20.1. The molecule has 0 radical (unpaired) electrons. The SMILES string of the molecule is CC(C)CCCOC1CC[C@H]2[C@@H]3CCC4N(C)C(=O)CC[C@]4(C)[C@@H]3CC[C@]12C. The number of piperidine rings is 1. The van der Waals surface area contributed by atoms with Gasteiger partial charge < -0.3 is 9.64 Å².